The number of aryl methyl sites for hydroxylation is 2. The van der Waals surface area contributed by atoms with E-state index in [9.17, 15) is 4.79 Å². The standard InChI is InChI=1S/C23H30N6O2S2/c1-4-29-19(13-31-18-11-15(2)10-16(3)12-18)25-28-23(29)32-14-20(30)24-22-27-26-21(33-22)17-8-6-5-7-9-17/h10-12,17H,4-9,13-14H2,1-3H3,(H,24,27,30). The monoisotopic (exact) mass is 486 g/mol. The Balaban J connectivity index is 1.30. The molecular weight excluding hydrogens is 456 g/mol. The zero-order valence-corrected chi connectivity index (χ0v) is 21.0. The number of ether oxygens (including phenoxy) is 1. The Kier molecular flexibility index (Phi) is 7.97. The Morgan fingerprint density at radius 2 is 1.88 bits per heavy atom. The van der Waals surface area contributed by atoms with Gasteiger partial charge in [0.2, 0.25) is 11.0 Å². The van der Waals surface area contributed by atoms with Crippen LogP contribution in [0.15, 0.2) is 23.4 Å². The number of aromatic nitrogens is 5. The SMILES string of the molecule is CCn1c(COc2cc(C)cc(C)c2)nnc1SCC(=O)Nc1nnc(C2CCCCC2)s1. The molecule has 1 aliphatic rings. The topological polar surface area (TPSA) is 94.8 Å². The molecule has 2 aromatic heterocycles. The molecule has 0 bridgehead atoms. The van der Waals surface area contributed by atoms with Crippen molar-refractivity contribution in [3.05, 3.63) is 40.2 Å². The van der Waals surface area contributed by atoms with E-state index in [1.165, 1.54) is 55.2 Å². The van der Waals surface area contributed by atoms with Crippen LogP contribution in [0.4, 0.5) is 5.13 Å². The molecule has 1 N–H and O–H groups in total. The summed E-state index contributed by atoms with van der Waals surface area (Å²) in [5.41, 5.74) is 2.32. The van der Waals surface area contributed by atoms with Gasteiger partial charge in [0, 0.05) is 12.5 Å². The van der Waals surface area contributed by atoms with Crippen molar-refractivity contribution in [2.75, 3.05) is 11.1 Å². The highest BCUT2D eigenvalue weighted by atomic mass is 32.2. The van der Waals surface area contributed by atoms with E-state index in [1.807, 2.05) is 37.5 Å². The second-order valence-electron chi connectivity index (χ2n) is 8.37. The molecule has 4 rings (SSSR count). The molecule has 0 saturated heterocycles. The number of amides is 1. The summed E-state index contributed by atoms with van der Waals surface area (Å²) in [6.07, 6.45) is 6.13. The number of carbonyl (C=O) groups excluding carboxylic acids is 1. The van der Waals surface area contributed by atoms with Crippen molar-refractivity contribution in [2.45, 2.75) is 77.1 Å². The lowest BCUT2D eigenvalue weighted by atomic mass is 9.90. The van der Waals surface area contributed by atoms with E-state index in [-0.39, 0.29) is 11.7 Å². The smallest absolute Gasteiger partial charge is 0.236 e. The first-order valence-electron chi connectivity index (χ1n) is 11.4. The minimum Gasteiger partial charge on any atom is -0.486 e. The third kappa shape index (κ3) is 6.32. The van der Waals surface area contributed by atoms with E-state index in [0.717, 1.165) is 27.7 Å². The average Bonchev–Trinajstić information content (AvgIpc) is 3.42. The number of hydrogen-bond acceptors (Lipinski definition) is 8. The summed E-state index contributed by atoms with van der Waals surface area (Å²) >= 11 is 2.85. The van der Waals surface area contributed by atoms with Gasteiger partial charge in [-0.1, -0.05) is 48.4 Å². The third-order valence-electron chi connectivity index (χ3n) is 5.65. The highest BCUT2D eigenvalue weighted by Crippen LogP contribution is 2.35. The van der Waals surface area contributed by atoms with Crippen LogP contribution in [0, 0.1) is 13.8 Å². The number of nitrogens with zero attached hydrogens (tertiary/aromatic N) is 5. The van der Waals surface area contributed by atoms with Gasteiger partial charge in [0.05, 0.1) is 5.75 Å². The first kappa shape index (κ1) is 23.7. The van der Waals surface area contributed by atoms with Crippen molar-refractivity contribution in [3.63, 3.8) is 0 Å². The predicted octanol–water partition coefficient (Wildman–Crippen LogP) is 5.12. The quantitative estimate of drug-likeness (QED) is 0.419. The van der Waals surface area contributed by atoms with Gasteiger partial charge < -0.3 is 9.30 Å². The van der Waals surface area contributed by atoms with E-state index in [0.29, 0.717) is 29.4 Å². The number of hydrogen-bond donors (Lipinski definition) is 1. The van der Waals surface area contributed by atoms with Crippen LogP contribution in [-0.2, 0) is 17.9 Å². The lowest BCUT2D eigenvalue weighted by Crippen LogP contribution is -2.14. The second kappa shape index (κ2) is 11.1. The van der Waals surface area contributed by atoms with Gasteiger partial charge in [-0.25, -0.2) is 0 Å². The van der Waals surface area contributed by atoms with Crippen molar-refractivity contribution in [1.29, 1.82) is 0 Å². The Bertz CT molecular complexity index is 1070. The maximum atomic E-state index is 12.5. The molecule has 8 nitrogen and oxygen atoms in total. The Morgan fingerprint density at radius 1 is 1.12 bits per heavy atom. The minimum atomic E-state index is -0.120. The fourth-order valence-electron chi connectivity index (χ4n) is 4.10. The molecule has 1 aromatic carbocycles. The molecule has 176 valence electrons. The van der Waals surface area contributed by atoms with Gasteiger partial charge in [0.1, 0.15) is 17.4 Å². The normalized spacial score (nSPS) is 14.4. The molecule has 1 fully saturated rings. The summed E-state index contributed by atoms with van der Waals surface area (Å²) in [4.78, 5) is 12.5. The molecule has 1 amide bonds. The van der Waals surface area contributed by atoms with Crippen molar-refractivity contribution < 1.29 is 9.53 Å². The highest BCUT2D eigenvalue weighted by molar-refractivity contribution is 7.99. The van der Waals surface area contributed by atoms with Gasteiger partial charge >= 0.3 is 0 Å². The molecule has 0 radical (unpaired) electrons. The zero-order valence-electron chi connectivity index (χ0n) is 19.3. The van der Waals surface area contributed by atoms with Gasteiger partial charge in [0.15, 0.2) is 11.0 Å². The largest absolute Gasteiger partial charge is 0.486 e. The molecular formula is C23H30N6O2S2. The van der Waals surface area contributed by atoms with Gasteiger partial charge in [-0.2, -0.15) is 0 Å². The molecule has 3 aromatic rings. The van der Waals surface area contributed by atoms with E-state index in [1.54, 1.807) is 0 Å². The van der Waals surface area contributed by atoms with Gasteiger partial charge in [-0.15, -0.1) is 20.4 Å². The van der Waals surface area contributed by atoms with Crippen molar-refractivity contribution in [2.24, 2.45) is 0 Å². The van der Waals surface area contributed by atoms with Crippen LogP contribution in [0.3, 0.4) is 0 Å². The number of carbonyl (C=O) groups is 1. The van der Waals surface area contributed by atoms with Crippen LogP contribution < -0.4 is 10.1 Å². The van der Waals surface area contributed by atoms with Crippen LogP contribution in [0.25, 0.3) is 0 Å². The summed E-state index contributed by atoms with van der Waals surface area (Å²) in [5.74, 6) is 2.15. The van der Waals surface area contributed by atoms with E-state index in [2.05, 4.69) is 31.8 Å². The fraction of sp³-hybridized carbons (Fsp3) is 0.522. The first-order valence-corrected chi connectivity index (χ1v) is 13.2. The van der Waals surface area contributed by atoms with Crippen molar-refractivity contribution in [1.82, 2.24) is 25.0 Å². The molecule has 1 aliphatic carbocycles. The molecule has 10 heteroatoms. The lowest BCUT2D eigenvalue weighted by Gasteiger charge is -2.18. The van der Waals surface area contributed by atoms with Gasteiger partial charge in [-0.3, -0.25) is 10.1 Å². The van der Waals surface area contributed by atoms with E-state index >= 15 is 0 Å². The Hall–Kier alpha value is -2.46. The molecule has 0 unspecified atom stereocenters. The van der Waals surface area contributed by atoms with E-state index in [4.69, 9.17) is 4.74 Å². The highest BCUT2D eigenvalue weighted by Gasteiger charge is 2.20. The fourth-order valence-corrected chi connectivity index (χ4v) is 5.85. The summed E-state index contributed by atoms with van der Waals surface area (Å²) in [6.45, 7) is 7.15. The molecule has 0 aliphatic heterocycles. The molecule has 1 saturated carbocycles. The van der Waals surface area contributed by atoms with Crippen LogP contribution in [0.1, 0.15) is 66.9 Å². The van der Waals surface area contributed by atoms with Crippen LogP contribution in [0.5, 0.6) is 5.75 Å². The van der Waals surface area contributed by atoms with Crippen LogP contribution in [-0.4, -0.2) is 36.6 Å². The molecule has 0 atom stereocenters. The Morgan fingerprint density at radius 3 is 2.61 bits per heavy atom. The maximum absolute atomic E-state index is 12.5. The van der Waals surface area contributed by atoms with Gasteiger partial charge in [-0.05, 0) is 56.9 Å². The molecule has 0 spiro atoms. The number of benzene rings is 1. The number of anilines is 1. The van der Waals surface area contributed by atoms with Crippen LogP contribution >= 0.6 is 23.1 Å². The summed E-state index contributed by atoms with van der Waals surface area (Å²) in [6, 6.07) is 6.12. The number of nitrogens with one attached hydrogen (secondary N) is 1. The first-order chi connectivity index (χ1) is 16.0. The minimum absolute atomic E-state index is 0.120. The summed E-state index contributed by atoms with van der Waals surface area (Å²) in [5, 5.41) is 22.2. The lowest BCUT2D eigenvalue weighted by molar-refractivity contribution is -0.113. The number of rotatable bonds is 9. The zero-order chi connectivity index (χ0) is 23.2. The molecule has 2 heterocycles. The van der Waals surface area contributed by atoms with Crippen LogP contribution in [0.2, 0.25) is 0 Å². The van der Waals surface area contributed by atoms with E-state index < -0.39 is 0 Å². The Labute approximate surface area is 202 Å². The number of thioether (sulfide) groups is 1. The second-order valence-corrected chi connectivity index (χ2v) is 10.3. The maximum Gasteiger partial charge on any atom is 0.236 e. The van der Waals surface area contributed by atoms with Crippen molar-refractivity contribution in [3.8, 4) is 5.75 Å². The third-order valence-corrected chi connectivity index (χ3v) is 7.61. The molecule has 33 heavy (non-hydrogen) atoms. The average molecular weight is 487 g/mol. The van der Waals surface area contributed by atoms with Crippen molar-refractivity contribution >= 4 is 34.1 Å². The summed E-state index contributed by atoms with van der Waals surface area (Å²) < 4.78 is 7.92. The predicted molar refractivity (Wildman–Crippen MR) is 131 cm³/mol. The summed E-state index contributed by atoms with van der Waals surface area (Å²) in [7, 11) is 0. The van der Waals surface area contributed by atoms with Gasteiger partial charge in [0.25, 0.3) is 0 Å².